The van der Waals surface area contributed by atoms with Crippen LogP contribution < -0.4 is 5.32 Å². The van der Waals surface area contributed by atoms with Crippen molar-refractivity contribution in [2.75, 3.05) is 0 Å². The molecule has 0 atom stereocenters. The fraction of sp³-hybridized carbons (Fsp3) is 0.500. The number of halogens is 2. The van der Waals surface area contributed by atoms with Crippen LogP contribution in [0, 0.1) is 5.92 Å². The summed E-state index contributed by atoms with van der Waals surface area (Å²) in [5.41, 5.74) is 0.909. The molecule has 1 aliphatic carbocycles. The van der Waals surface area contributed by atoms with Crippen LogP contribution in [0.15, 0.2) is 18.2 Å². The van der Waals surface area contributed by atoms with E-state index in [0.29, 0.717) is 22.6 Å². The Balaban J connectivity index is 1.86. The lowest BCUT2D eigenvalue weighted by atomic mass is 9.86. The van der Waals surface area contributed by atoms with Gasteiger partial charge in [-0.25, -0.2) is 0 Å². The summed E-state index contributed by atoms with van der Waals surface area (Å²) in [4.78, 5) is 10.9. The highest BCUT2D eigenvalue weighted by Crippen LogP contribution is 2.27. The summed E-state index contributed by atoms with van der Waals surface area (Å²) < 4.78 is 0. The summed E-state index contributed by atoms with van der Waals surface area (Å²) in [6, 6.07) is 5.83. The average molecular weight is 302 g/mol. The topological polar surface area (TPSA) is 49.3 Å². The largest absolute Gasteiger partial charge is 0.481 e. The maximum absolute atomic E-state index is 10.9. The number of hydrogen-bond acceptors (Lipinski definition) is 2. The van der Waals surface area contributed by atoms with Crippen LogP contribution in [0.1, 0.15) is 31.2 Å². The summed E-state index contributed by atoms with van der Waals surface area (Å²) >= 11 is 12.2. The maximum atomic E-state index is 10.9. The van der Waals surface area contributed by atoms with Crippen molar-refractivity contribution in [2.24, 2.45) is 5.92 Å². The quantitative estimate of drug-likeness (QED) is 0.891. The van der Waals surface area contributed by atoms with Gasteiger partial charge < -0.3 is 10.4 Å². The van der Waals surface area contributed by atoms with Crippen molar-refractivity contribution in [3.05, 3.63) is 33.8 Å². The highest BCUT2D eigenvalue weighted by molar-refractivity contribution is 6.35. The van der Waals surface area contributed by atoms with Gasteiger partial charge in [0.2, 0.25) is 0 Å². The highest BCUT2D eigenvalue weighted by Gasteiger charge is 2.25. The van der Waals surface area contributed by atoms with Crippen LogP contribution in [-0.4, -0.2) is 17.1 Å². The smallest absolute Gasteiger partial charge is 0.306 e. The number of hydrogen-bond donors (Lipinski definition) is 2. The van der Waals surface area contributed by atoms with E-state index >= 15 is 0 Å². The first-order valence-corrected chi connectivity index (χ1v) is 7.22. The van der Waals surface area contributed by atoms with Gasteiger partial charge in [-0.3, -0.25) is 4.79 Å². The van der Waals surface area contributed by atoms with Gasteiger partial charge in [0.15, 0.2) is 0 Å². The fourth-order valence-electron chi connectivity index (χ4n) is 2.49. The average Bonchev–Trinajstić information content (AvgIpc) is 2.38. The van der Waals surface area contributed by atoms with E-state index in [2.05, 4.69) is 5.32 Å². The first-order chi connectivity index (χ1) is 9.08. The normalized spacial score (nSPS) is 23.3. The van der Waals surface area contributed by atoms with Crippen LogP contribution in [0.5, 0.6) is 0 Å². The molecule has 1 fully saturated rings. The summed E-state index contributed by atoms with van der Waals surface area (Å²) in [7, 11) is 0. The summed E-state index contributed by atoms with van der Waals surface area (Å²) in [5, 5.41) is 13.7. The number of nitrogens with one attached hydrogen (secondary N) is 1. The SMILES string of the molecule is O=C(O)C1CCC(NCc2c(Cl)cccc2Cl)CC1. The van der Waals surface area contributed by atoms with Gasteiger partial charge in [-0.15, -0.1) is 0 Å². The molecular formula is C14H17Cl2NO2. The molecule has 1 aromatic rings. The van der Waals surface area contributed by atoms with Crippen molar-refractivity contribution in [1.82, 2.24) is 5.32 Å². The van der Waals surface area contributed by atoms with E-state index in [1.807, 2.05) is 18.2 Å². The van der Waals surface area contributed by atoms with E-state index in [0.717, 1.165) is 31.2 Å². The molecule has 0 heterocycles. The molecule has 0 spiro atoms. The molecule has 0 saturated heterocycles. The van der Waals surface area contributed by atoms with Crippen LogP contribution in [-0.2, 0) is 11.3 Å². The van der Waals surface area contributed by atoms with E-state index < -0.39 is 5.97 Å². The minimum absolute atomic E-state index is 0.179. The molecule has 0 unspecified atom stereocenters. The Morgan fingerprint density at radius 2 is 1.79 bits per heavy atom. The molecule has 104 valence electrons. The van der Waals surface area contributed by atoms with E-state index in [-0.39, 0.29) is 5.92 Å². The Morgan fingerprint density at radius 1 is 1.21 bits per heavy atom. The first-order valence-electron chi connectivity index (χ1n) is 6.47. The second-order valence-corrected chi connectivity index (χ2v) is 5.78. The van der Waals surface area contributed by atoms with Crippen LogP contribution in [0.25, 0.3) is 0 Å². The molecule has 0 radical (unpaired) electrons. The second-order valence-electron chi connectivity index (χ2n) is 4.97. The van der Waals surface area contributed by atoms with Gasteiger partial charge >= 0.3 is 5.97 Å². The Hall–Kier alpha value is -0.770. The third-order valence-corrected chi connectivity index (χ3v) is 4.41. The standard InChI is InChI=1S/C14H17Cl2NO2/c15-12-2-1-3-13(16)11(12)8-17-10-6-4-9(5-7-10)14(18)19/h1-3,9-10,17H,4-8H2,(H,18,19). The molecule has 3 nitrogen and oxygen atoms in total. The lowest BCUT2D eigenvalue weighted by Crippen LogP contribution is -2.34. The summed E-state index contributed by atoms with van der Waals surface area (Å²) in [6.45, 7) is 0.626. The molecule has 1 saturated carbocycles. The zero-order chi connectivity index (χ0) is 13.8. The van der Waals surface area contributed by atoms with Crippen molar-refractivity contribution in [1.29, 1.82) is 0 Å². The lowest BCUT2D eigenvalue weighted by Gasteiger charge is -2.27. The molecule has 2 rings (SSSR count). The molecule has 5 heteroatoms. The number of benzene rings is 1. The zero-order valence-electron chi connectivity index (χ0n) is 10.5. The fourth-order valence-corrected chi connectivity index (χ4v) is 3.02. The van der Waals surface area contributed by atoms with E-state index in [1.165, 1.54) is 0 Å². The van der Waals surface area contributed by atoms with Crippen molar-refractivity contribution >= 4 is 29.2 Å². The van der Waals surface area contributed by atoms with Crippen molar-refractivity contribution in [3.63, 3.8) is 0 Å². The van der Waals surface area contributed by atoms with Crippen LogP contribution in [0.3, 0.4) is 0 Å². The number of carbonyl (C=O) groups is 1. The Kier molecular flexibility index (Phi) is 5.08. The first kappa shape index (κ1) is 14.6. The zero-order valence-corrected chi connectivity index (χ0v) is 12.0. The van der Waals surface area contributed by atoms with Crippen molar-refractivity contribution in [2.45, 2.75) is 38.3 Å². The van der Waals surface area contributed by atoms with Gasteiger partial charge in [-0.05, 0) is 37.8 Å². The minimum atomic E-state index is -0.674. The third-order valence-electron chi connectivity index (χ3n) is 3.71. The minimum Gasteiger partial charge on any atom is -0.481 e. The molecule has 2 N–H and O–H groups in total. The van der Waals surface area contributed by atoms with Crippen LogP contribution in [0.2, 0.25) is 10.0 Å². The highest BCUT2D eigenvalue weighted by atomic mass is 35.5. The van der Waals surface area contributed by atoms with E-state index in [4.69, 9.17) is 28.3 Å². The van der Waals surface area contributed by atoms with Gasteiger partial charge in [0.1, 0.15) is 0 Å². The number of aliphatic carboxylic acids is 1. The molecule has 19 heavy (non-hydrogen) atoms. The van der Waals surface area contributed by atoms with Gasteiger partial charge in [0.05, 0.1) is 5.92 Å². The molecule has 1 aliphatic rings. The predicted molar refractivity (Wildman–Crippen MR) is 76.7 cm³/mol. The Bertz CT molecular complexity index is 437. The molecule has 0 bridgehead atoms. The van der Waals surface area contributed by atoms with Gasteiger partial charge in [-0.1, -0.05) is 29.3 Å². The molecule has 0 aliphatic heterocycles. The van der Waals surface area contributed by atoms with Crippen molar-refractivity contribution < 1.29 is 9.90 Å². The van der Waals surface area contributed by atoms with Crippen LogP contribution >= 0.6 is 23.2 Å². The maximum Gasteiger partial charge on any atom is 0.306 e. The number of carboxylic acids is 1. The van der Waals surface area contributed by atoms with Gasteiger partial charge in [0, 0.05) is 28.2 Å². The van der Waals surface area contributed by atoms with Crippen LogP contribution in [0.4, 0.5) is 0 Å². The van der Waals surface area contributed by atoms with E-state index in [9.17, 15) is 4.79 Å². The molecule has 0 aromatic heterocycles. The number of rotatable bonds is 4. The Morgan fingerprint density at radius 3 is 2.32 bits per heavy atom. The molecule has 0 amide bonds. The summed E-state index contributed by atoms with van der Waals surface area (Å²) in [6.07, 6.45) is 3.25. The Labute approximate surface area is 122 Å². The lowest BCUT2D eigenvalue weighted by molar-refractivity contribution is -0.142. The van der Waals surface area contributed by atoms with Gasteiger partial charge in [0.25, 0.3) is 0 Å². The van der Waals surface area contributed by atoms with Crippen molar-refractivity contribution in [3.8, 4) is 0 Å². The second kappa shape index (κ2) is 6.60. The molecule has 1 aromatic carbocycles. The van der Waals surface area contributed by atoms with E-state index in [1.54, 1.807) is 0 Å². The molecular weight excluding hydrogens is 285 g/mol. The monoisotopic (exact) mass is 301 g/mol. The third kappa shape index (κ3) is 3.85. The number of carboxylic acid groups (broad SMARTS) is 1. The summed E-state index contributed by atoms with van der Waals surface area (Å²) in [5.74, 6) is -0.852. The predicted octanol–water partition coefficient (Wildman–Crippen LogP) is 3.73. The van der Waals surface area contributed by atoms with Gasteiger partial charge in [-0.2, -0.15) is 0 Å².